The van der Waals surface area contributed by atoms with E-state index in [0.29, 0.717) is 13.2 Å². The Kier molecular flexibility index (Phi) is 8.59. The zero-order chi connectivity index (χ0) is 21.3. The van der Waals surface area contributed by atoms with Gasteiger partial charge in [0.25, 0.3) is 5.91 Å². The molecule has 29 heavy (non-hydrogen) atoms. The third-order valence-corrected chi connectivity index (χ3v) is 5.65. The third kappa shape index (κ3) is 6.26. The lowest BCUT2D eigenvalue weighted by molar-refractivity contribution is 0.0950. The first-order valence-electron chi connectivity index (χ1n) is 8.93. The molecule has 2 aromatic carbocycles. The van der Waals surface area contributed by atoms with Gasteiger partial charge in [-0.05, 0) is 29.3 Å². The molecule has 0 aliphatic rings. The Hall–Kier alpha value is -2.46. The van der Waals surface area contributed by atoms with E-state index in [-0.39, 0.29) is 29.4 Å². The van der Waals surface area contributed by atoms with Crippen molar-refractivity contribution in [1.82, 2.24) is 10.0 Å². The van der Waals surface area contributed by atoms with Gasteiger partial charge < -0.3 is 19.5 Å². The number of hydrogen-bond acceptors (Lipinski definition) is 6. The molecular weight excluding hydrogens is 396 g/mol. The van der Waals surface area contributed by atoms with E-state index in [2.05, 4.69) is 10.0 Å². The first-order valence-corrected chi connectivity index (χ1v) is 10.4. The Bertz CT molecular complexity index is 930. The molecule has 0 saturated heterocycles. The zero-order valence-electron chi connectivity index (χ0n) is 16.7. The maximum absolute atomic E-state index is 12.6. The first-order chi connectivity index (χ1) is 13.9. The summed E-state index contributed by atoms with van der Waals surface area (Å²) < 4.78 is 42.7. The van der Waals surface area contributed by atoms with Crippen LogP contribution in [0, 0.1) is 0 Å². The Morgan fingerprint density at radius 2 is 1.72 bits per heavy atom. The molecule has 9 heteroatoms. The minimum Gasteiger partial charge on any atom is -0.495 e. The van der Waals surface area contributed by atoms with Crippen molar-refractivity contribution in [3.05, 3.63) is 59.2 Å². The summed E-state index contributed by atoms with van der Waals surface area (Å²) in [5.74, 6) is -0.245. The van der Waals surface area contributed by atoms with E-state index >= 15 is 0 Å². The van der Waals surface area contributed by atoms with Gasteiger partial charge in [-0.2, -0.15) is 0 Å². The molecule has 0 radical (unpaired) electrons. The second-order valence-corrected chi connectivity index (χ2v) is 7.88. The van der Waals surface area contributed by atoms with Gasteiger partial charge in [0.15, 0.2) is 0 Å². The highest BCUT2D eigenvalue weighted by Crippen LogP contribution is 2.25. The van der Waals surface area contributed by atoms with Crippen molar-refractivity contribution in [1.29, 1.82) is 0 Å². The predicted molar refractivity (Wildman–Crippen MR) is 108 cm³/mol. The van der Waals surface area contributed by atoms with Crippen molar-refractivity contribution in [2.75, 3.05) is 34.5 Å². The molecule has 158 valence electrons. The average Bonchev–Trinajstić information content (AvgIpc) is 2.72. The zero-order valence-corrected chi connectivity index (χ0v) is 17.5. The summed E-state index contributed by atoms with van der Waals surface area (Å²) in [6.45, 7) is 1.06. The van der Waals surface area contributed by atoms with E-state index in [1.807, 2.05) is 24.3 Å². The lowest BCUT2D eigenvalue weighted by Crippen LogP contribution is -2.28. The molecule has 0 unspecified atom stereocenters. The SMILES string of the molecule is COCCNS(=O)(=O)c1cc(C(=O)NCc2ccccc2COC)ccc1OC. The van der Waals surface area contributed by atoms with Crippen LogP contribution in [-0.2, 0) is 32.6 Å². The van der Waals surface area contributed by atoms with Gasteiger partial charge in [-0.1, -0.05) is 24.3 Å². The maximum atomic E-state index is 12.6. The van der Waals surface area contributed by atoms with E-state index < -0.39 is 15.9 Å². The number of nitrogens with one attached hydrogen (secondary N) is 2. The highest BCUT2D eigenvalue weighted by molar-refractivity contribution is 7.89. The van der Waals surface area contributed by atoms with E-state index in [1.165, 1.54) is 32.4 Å². The largest absolute Gasteiger partial charge is 0.495 e. The number of ether oxygens (including phenoxy) is 3. The molecule has 1 amide bonds. The minimum absolute atomic E-state index is 0.106. The molecule has 0 aromatic heterocycles. The van der Waals surface area contributed by atoms with Gasteiger partial charge in [0.1, 0.15) is 10.6 Å². The molecular formula is C20H26N2O6S. The highest BCUT2D eigenvalue weighted by Gasteiger charge is 2.21. The van der Waals surface area contributed by atoms with Crippen molar-refractivity contribution < 1.29 is 27.4 Å². The lowest BCUT2D eigenvalue weighted by Gasteiger charge is -2.13. The van der Waals surface area contributed by atoms with Crippen LogP contribution in [0.3, 0.4) is 0 Å². The molecule has 0 aliphatic carbocycles. The number of hydrogen-bond donors (Lipinski definition) is 2. The minimum atomic E-state index is -3.86. The number of amides is 1. The van der Waals surface area contributed by atoms with Crippen molar-refractivity contribution in [3.8, 4) is 5.75 Å². The molecule has 0 fully saturated rings. The summed E-state index contributed by atoms with van der Waals surface area (Å²) in [4.78, 5) is 12.5. The smallest absolute Gasteiger partial charge is 0.251 e. The number of methoxy groups -OCH3 is 3. The second kappa shape index (κ2) is 10.9. The van der Waals surface area contributed by atoms with Crippen molar-refractivity contribution in [2.24, 2.45) is 0 Å². The Balaban J connectivity index is 2.19. The predicted octanol–water partition coefficient (Wildman–Crippen LogP) is 1.70. The normalized spacial score (nSPS) is 11.3. The highest BCUT2D eigenvalue weighted by atomic mass is 32.2. The van der Waals surface area contributed by atoms with Gasteiger partial charge in [-0.25, -0.2) is 13.1 Å². The van der Waals surface area contributed by atoms with Crippen LogP contribution >= 0.6 is 0 Å². The summed E-state index contributed by atoms with van der Waals surface area (Å²) in [6, 6.07) is 11.9. The average molecular weight is 423 g/mol. The Morgan fingerprint density at radius 3 is 2.38 bits per heavy atom. The topological polar surface area (TPSA) is 103 Å². The van der Waals surface area contributed by atoms with Gasteiger partial charge in [-0.3, -0.25) is 4.79 Å². The van der Waals surface area contributed by atoms with E-state index in [9.17, 15) is 13.2 Å². The summed E-state index contributed by atoms with van der Waals surface area (Å²) >= 11 is 0. The fourth-order valence-electron chi connectivity index (χ4n) is 2.69. The van der Waals surface area contributed by atoms with Crippen molar-refractivity contribution in [2.45, 2.75) is 18.0 Å². The third-order valence-electron chi connectivity index (χ3n) is 4.17. The number of carbonyl (C=O) groups excluding carboxylic acids is 1. The maximum Gasteiger partial charge on any atom is 0.251 e. The number of rotatable bonds is 11. The summed E-state index contributed by atoms with van der Waals surface area (Å²) in [5, 5.41) is 2.81. The molecule has 2 N–H and O–H groups in total. The molecule has 0 bridgehead atoms. The van der Waals surface area contributed by atoms with Crippen LogP contribution in [0.2, 0.25) is 0 Å². The lowest BCUT2D eigenvalue weighted by atomic mass is 10.1. The fourth-order valence-corrected chi connectivity index (χ4v) is 3.89. The van der Waals surface area contributed by atoms with Crippen LogP contribution in [0.5, 0.6) is 5.75 Å². The van der Waals surface area contributed by atoms with Crippen LogP contribution in [-0.4, -0.2) is 48.8 Å². The molecule has 0 aliphatic heterocycles. The number of benzene rings is 2. The molecule has 0 spiro atoms. The molecule has 2 aromatic rings. The van der Waals surface area contributed by atoms with Crippen LogP contribution in [0.1, 0.15) is 21.5 Å². The number of carbonyl (C=O) groups is 1. The fraction of sp³-hybridized carbons (Fsp3) is 0.350. The van der Waals surface area contributed by atoms with Gasteiger partial charge in [0, 0.05) is 32.9 Å². The molecule has 2 rings (SSSR count). The molecule has 0 heterocycles. The van der Waals surface area contributed by atoms with E-state index in [0.717, 1.165) is 11.1 Å². The second-order valence-electron chi connectivity index (χ2n) is 6.14. The van der Waals surface area contributed by atoms with Crippen molar-refractivity contribution >= 4 is 15.9 Å². The number of sulfonamides is 1. The van der Waals surface area contributed by atoms with E-state index in [4.69, 9.17) is 14.2 Å². The quantitative estimate of drug-likeness (QED) is 0.535. The molecule has 8 nitrogen and oxygen atoms in total. The Morgan fingerprint density at radius 1 is 1.00 bits per heavy atom. The van der Waals surface area contributed by atoms with Gasteiger partial charge >= 0.3 is 0 Å². The van der Waals surface area contributed by atoms with Gasteiger partial charge in [-0.15, -0.1) is 0 Å². The van der Waals surface area contributed by atoms with Crippen LogP contribution in [0.25, 0.3) is 0 Å². The van der Waals surface area contributed by atoms with Crippen molar-refractivity contribution in [3.63, 3.8) is 0 Å². The standard InChI is InChI=1S/C20H26N2O6S/c1-26-11-10-22-29(24,25)19-12-15(8-9-18(19)28-3)20(23)21-13-16-6-4-5-7-17(16)14-27-2/h4-9,12,22H,10-11,13-14H2,1-3H3,(H,21,23). The summed E-state index contributed by atoms with van der Waals surface area (Å²) in [7, 11) is 0.590. The van der Waals surface area contributed by atoms with Gasteiger partial charge in [0.05, 0.1) is 20.3 Å². The first kappa shape index (κ1) is 22.8. The van der Waals surface area contributed by atoms with Gasteiger partial charge in [0.2, 0.25) is 10.0 Å². The molecule has 0 saturated carbocycles. The molecule has 0 atom stereocenters. The van der Waals surface area contributed by atoms with E-state index in [1.54, 1.807) is 7.11 Å². The Labute approximate surface area is 171 Å². The van der Waals surface area contributed by atoms with Crippen LogP contribution in [0.4, 0.5) is 0 Å². The van der Waals surface area contributed by atoms with Crippen LogP contribution in [0.15, 0.2) is 47.4 Å². The monoisotopic (exact) mass is 422 g/mol. The summed E-state index contributed by atoms with van der Waals surface area (Å²) in [5.41, 5.74) is 2.10. The van der Waals surface area contributed by atoms with Crippen LogP contribution < -0.4 is 14.8 Å². The summed E-state index contributed by atoms with van der Waals surface area (Å²) in [6.07, 6.45) is 0.